The summed E-state index contributed by atoms with van der Waals surface area (Å²) in [6, 6.07) is 10.2. The maximum atomic E-state index is 12.9. The molecule has 2 aromatic carbocycles. The average molecular weight is 428 g/mol. The minimum atomic E-state index is -4.50. The van der Waals surface area contributed by atoms with E-state index in [1.165, 1.54) is 6.33 Å². The van der Waals surface area contributed by atoms with E-state index in [0.717, 1.165) is 23.8 Å². The van der Waals surface area contributed by atoms with E-state index in [0.29, 0.717) is 17.4 Å². The Morgan fingerprint density at radius 1 is 0.964 bits per heavy atom. The van der Waals surface area contributed by atoms with Crippen molar-refractivity contribution in [1.82, 2.24) is 9.97 Å². The molecule has 0 bridgehead atoms. The Balaban J connectivity index is 1.83. The van der Waals surface area contributed by atoms with Crippen molar-refractivity contribution in [3.05, 3.63) is 70.0 Å². The number of nitrogens with two attached hydrogens (primary N) is 1. The minimum absolute atomic E-state index is 0.0268. The molecule has 0 amide bonds. The van der Waals surface area contributed by atoms with Gasteiger partial charge in [-0.15, -0.1) is 0 Å². The van der Waals surface area contributed by atoms with Gasteiger partial charge in [-0.25, -0.2) is 9.97 Å². The maximum Gasteiger partial charge on any atom is 0.416 e. The molecule has 28 heavy (non-hydrogen) atoms. The molecule has 3 rings (SSSR count). The van der Waals surface area contributed by atoms with Crippen LogP contribution < -0.4 is 16.4 Å². The quantitative estimate of drug-likeness (QED) is 0.483. The van der Waals surface area contributed by atoms with Gasteiger partial charge in [-0.2, -0.15) is 13.2 Å². The Kier molecular flexibility index (Phi) is 5.81. The van der Waals surface area contributed by atoms with Gasteiger partial charge in [-0.05, 0) is 29.8 Å². The zero-order valence-corrected chi connectivity index (χ0v) is 15.7. The lowest BCUT2D eigenvalue weighted by molar-refractivity contribution is -0.137. The molecule has 0 aliphatic rings. The smallest absolute Gasteiger partial charge is 0.393 e. The fourth-order valence-corrected chi connectivity index (χ4v) is 2.75. The fourth-order valence-electron chi connectivity index (χ4n) is 2.38. The van der Waals surface area contributed by atoms with Gasteiger partial charge in [0.2, 0.25) is 0 Å². The van der Waals surface area contributed by atoms with Crippen LogP contribution in [0.4, 0.5) is 36.2 Å². The number of anilines is 4. The van der Waals surface area contributed by atoms with E-state index in [1.54, 1.807) is 6.07 Å². The highest BCUT2D eigenvalue weighted by Crippen LogP contribution is 2.36. The van der Waals surface area contributed by atoms with Crippen molar-refractivity contribution in [2.24, 2.45) is 0 Å². The van der Waals surface area contributed by atoms with Gasteiger partial charge in [-0.3, -0.25) is 0 Å². The first-order valence-electron chi connectivity index (χ1n) is 7.97. The predicted octanol–water partition coefficient (Wildman–Crippen LogP) is 5.74. The molecule has 0 aliphatic heterocycles. The molecule has 1 aromatic heterocycles. The Labute approximate surface area is 168 Å². The number of hydrogen-bond donors (Lipinski definition) is 3. The van der Waals surface area contributed by atoms with Gasteiger partial charge < -0.3 is 16.4 Å². The summed E-state index contributed by atoms with van der Waals surface area (Å²) in [6.07, 6.45) is -3.27. The van der Waals surface area contributed by atoms with Crippen molar-refractivity contribution in [3.63, 3.8) is 0 Å². The number of nitrogen functional groups attached to an aromatic ring is 1. The molecule has 4 N–H and O–H groups in total. The van der Waals surface area contributed by atoms with Crippen LogP contribution >= 0.6 is 23.2 Å². The number of rotatable bonds is 5. The summed E-state index contributed by atoms with van der Waals surface area (Å²) < 4.78 is 38.8. The van der Waals surface area contributed by atoms with Crippen LogP contribution in [0.25, 0.3) is 0 Å². The Morgan fingerprint density at radius 2 is 1.68 bits per heavy atom. The third-order valence-corrected chi connectivity index (χ3v) is 4.53. The molecule has 10 heteroatoms. The first-order chi connectivity index (χ1) is 13.3. The molecule has 0 atom stereocenters. The number of alkyl halides is 3. The van der Waals surface area contributed by atoms with Crippen LogP contribution in [0, 0.1) is 0 Å². The van der Waals surface area contributed by atoms with Crippen LogP contribution in [0.5, 0.6) is 0 Å². The van der Waals surface area contributed by atoms with Gasteiger partial charge in [0.1, 0.15) is 12.0 Å². The van der Waals surface area contributed by atoms with Crippen molar-refractivity contribution in [1.29, 1.82) is 0 Å². The topological polar surface area (TPSA) is 75.9 Å². The zero-order chi connectivity index (χ0) is 20.3. The van der Waals surface area contributed by atoms with Crippen LogP contribution in [0.15, 0.2) is 48.8 Å². The fraction of sp³-hybridized carbons (Fsp3) is 0.111. The van der Waals surface area contributed by atoms with Gasteiger partial charge in [-0.1, -0.05) is 41.4 Å². The second-order valence-electron chi connectivity index (χ2n) is 5.75. The van der Waals surface area contributed by atoms with Crippen LogP contribution in [0.1, 0.15) is 11.1 Å². The number of nitrogens with one attached hydrogen (secondary N) is 2. The standard InChI is InChI=1S/C18H14Cl2F3N5/c19-12-4-2-1-3-10(12)8-25-16-15(24)17(27-9-26-16)28-14-7-11(18(21,22)23)5-6-13(14)20/h1-7,9H,8,24H2,(H2,25,26,27,28). The van der Waals surface area contributed by atoms with E-state index in [9.17, 15) is 13.2 Å². The monoisotopic (exact) mass is 427 g/mol. The number of aromatic nitrogens is 2. The predicted molar refractivity (Wildman–Crippen MR) is 105 cm³/mol. The Morgan fingerprint density at radius 3 is 2.39 bits per heavy atom. The zero-order valence-electron chi connectivity index (χ0n) is 14.2. The maximum absolute atomic E-state index is 12.9. The third kappa shape index (κ3) is 4.58. The van der Waals surface area contributed by atoms with Crippen molar-refractivity contribution < 1.29 is 13.2 Å². The molecule has 0 saturated carbocycles. The summed E-state index contributed by atoms with van der Waals surface area (Å²) in [6.45, 7) is 0.352. The van der Waals surface area contributed by atoms with E-state index < -0.39 is 11.7 Å². The van der Waals surface area contributed by atoms with Gasteiger partial charge in [0, 0.05) is 11.6 Å². The lowest BCUT2D eigenvalue weighted by Crippen LogP contribution is -2.09. The normalized spacial score (nSPS) is 11.3. The highest BCUT2D eigenvalue weighted by atomic mass is 35.5. The summed E-state index contributed by atoms with van der Waals surface area (Å²) in [5.41, 5.74) is 6.20. The Bertz CT molecular complexity index is 995. The number of hydrogen-bond acceptors (Lipinski definition) is 5. The van der Waals surface area contributed by atoms with Gasteiger partial charge >= 0.3 is 6.18 Å². The largest absolute Gasteiger partial charge is 0.416 e. The van der Waals surface area contributed by atoms with E-state index in [1.807, 2.05) is 18.2 Å². The van der Waals surface area contributed by atoms with Crippen molar-refractivity contribution in [2.45, 2.75) is 12.7 Å². The number of halogens is 5. The summed E-state index contributed by atoms with van der Waals surface area (Å²) in [7, 11) is 0. The van der Waals surface area contributed by atoms with Gasteiger partial charge in [0.05, 0.1) is 16.3 Å². The highest BCUT2D eigenvalue weighted by Gasteiger charge is 2.31. The molecular weight excluding hydrogens is 414 g/mol. The molecule has 146 valence electrons. The second kappa shape index (κ2) is 8.12. The van der Waals surface area contributed by atoms with Crippen molar-refractivity contribution in [3.8, 4) is 0 Å². The van der Waals surface area contributed by atoms with Crippen molar-refractivity contribution >= 4 is 46.2 Å². The van der Waals surface area contributed by atoms with E-state index >= 15 is 0 Å². The molecule has 0 aliphatic carbocycles. The summed E-state index contributed by atoms with van der Waals surface area (Å²) in [4.78, 5) is 8.05. The third-order valence-electron chi connectivity index (χ3n) is 3.83. The summed E-state index contributed by atoms with van der Waals surface area (Å²) >= 11 is 12.1. The van der Waals surface area contributed by atoms with Crippen molar-refractivity contribution in [2.75, 3.05) is 16.4 Å². The molecule has 3 aromatic rings. The van der Waals surface area contributed by atoms with Crippen LogP contribution in [-0.2, 0) is 12.7 Å². The number of nitrogens with zero attached hydrogens (tertiary/aromatic N) is 2. The first kappa shape index (κ1) is 20.0. The highest BCUT2D eigenvalue weighted by molar-refractivity contribution is 6.33. The Hall–Kier alpha value is -2.71. The van der Waals surface area contributed by atoms with E-state index in [2.05, 4.69) is 20.6 Å². The van der Waals surface area contributed by atoms with Crippen LogP contribution in [0.3, 0.4) is 0 Å². The van der Waals surface area contributed by atoms with Gasteiger partial charge in [0.25, 0.3) is 0 Å². The molecule has 0 radical (unpaired) electrons. The molecule has 0 fully saturated rings. The first-order valence-corrected chi connectivity index (χ1v) is 8.73. The SMILES string of the molecule is Nc1c(NCc2ccccc2Cl)ncnc1Nc1cc(C(F)(F)F)ccc1Cl. The minimum Gasteiger partial charge on any atom is -0.393 e. The lowest BCUT2D eigenvalue weighted by atomic mass is 10.2. The molecule has 0 saturated heterocycles. The van der Waals surface area contributed by atoms with Crippen LogP contribution in [0.2, 0.25) is 10.0 Å². The second-order valence-corrected chi connectivity index (χ2v) is 6.56. The lowest BCUT2D eigenvalue weighted by Gasteiger charge is -2.15. The summed E-state index contributed by atoms with van der Waals surface area (Å²) in [5, 5.41) is 6.44. The van der Waals surface area contributed by atoms with Gasteiger partial charge in [0.15, 0.2) is 11.6 Å². The average Bonchev–Trinajstić information content (AvgIpc) is 2.64. The molecule has 1 heterocycles. The molecular formula is C18H14Cl2F3N5. The molecule has 0 spiro atoms. The van der Waals surface area contributed by atoms with Crippen LogP contribution in [-0.4, -0.2) is 9.97 Å². The van der Waals surface area contributed by atoms with E-state index in [-0.39, 0.29) is 22.2 Å². The number of benzene rings is 2. The molecule has 5 nitrogen and oxygen atoms in total. The summed E-state index contributed by atoms with van der Waals surface area (Å²) in [5.74, 6) is 0.429. The molecule has 0 unspecified atom stereocenters. The van der Waals surface area contributed by atoms with E-state index in [4.69, 9.17) is 28.9 Å².